The Morgan fingerprint density at radius 2 is 2.30 bits per heavy atom. The Labute approximate surface area is 128 Å². The van der Waals surface area contributed by atoms with E-state index in [-0.39, 0.29) is 21.8 Å². The number of thioether (sulfide) groups is 1. The Hall–Kier alpha value is -0.500. The Kier molecular flexibility index (Phi) is 5.17. The Morgan fingerprint density at radius 1 is 1.55 bits per heavy atom. The van der Waals surface area contributed by atoms with Gasteiger partial charge in [-0.15, -0.1) is 0 Å². The summed E-state index contributed by atoms with van der Waals surface area (Å²) in [7, 11) is -3.58. The molecule has 0 aromatic carbocycles. The molecule has 0 spiro atoms. The molecule has 3 N–H and O–H groups in total. The topological polar surface area (TPSA) is 85.1 Å². The fraction of sp³-hybridized carbons (Fsp3) is 0.583. The average Bonchev–Trinajstić information content (AvgIpc) is 2.79. The number of aromatic nitrogens is 1. The number of hydrogen-bond donors (Lipinski definition) is 2. The quantitative estimate of drug-likeness (QED) is 0.862. The van der Waals surface area contributed by atoms with E-state index < -0.39 is 10.0 Å². The summed E-state index contributed by atoms with van der Waals surface area (Å²) in [6.07, 6.45) is 4.02. The van der Waals surface area contributed by atoms with Crippen molar-refractivity contribution in [2.24, 2.45) is 0 Å². The number of nitrogens with two attached hydrogens (primary N) is 1. The van der Waals surface area contributed by atoms with Crippen molar-refractivity contribution in [2.75, 3.05) is 11.5 Å². The molecule has 0 saturated heterocycles. The smallest absolute Gasteiger partial charge is 0.242 e. The van der Waals surface area contributed by atoms with Crippen LogP contribution >= 0.6 is 23.4 Å². The lowest BCUT2D eigenvalue weighted by molar-refractivity contribution is 0.552. The molecule has 20 heavy (non-hydrogen) atoms. The maximum atomic E-state index is 12.3. The zero-order valence-corrected chi connectivity index (χ0v) is 13.6. The van der Waals surface area contributed by atoms with Gasteiger partial charge in [0.2, 0.25) is 10.0 Å². The first-order valence-electron chi connectivity index (χ1n) is 6.47. The van der Waals surface area contributed by atoms with E-state index in [9.17, 15) is 8.42 Å². The number of rotatable bonds is 5. The number of pyridine rings is 1. The maximum Gasteiger partial charge on any atom is 0.242 e. The van der Waals surface area contributed by atoms with Gasteiger partial charge in [0.25, 0.3) is 0 Å². The Morgan fingerprint density at radius 3 is 2.95 bits per heavy atom. The van der Waals surface area contributed by atoms with Crippen molar-refractivity contribution in [2.45, 2.75) is 42.4 Å². The van der Waals surface area contributed by atoms with Gasteiger partial charge >= 0.3 is 0 Å². The van der Waals surface area contributed by atoms with Crippen molar-refractivity contribution < 1.29 is 8.42 Å². The number of nitrogen functional groups attached to an aromatic ring is 1. The van der Waals surface area contributed by atoms with E-state index in [1.54, 1.807) is 0 Å². The van der Waals surface area contributed by atoms with Crippen molar-refractivity contribution in [1.29, 1.82) is 0 Å². The predicted octanol–water partition coefficient (Wildman–Crippen LogP) is 2.27. The highest BCUT2D eigenvalue weighted by Crippen LogP contribution is 2.30. The first kappa shape index (κ1) is 15.9. The Balaban J connectivity index is 2.06. The molecule has 1 aromatic heterocycles. The van der Waals surface area contributed by atoms with Crippen molar-refractivity contribution in [3.8, 4) is 0 Å². The summed E-state index contributed by atoms with van der Waals surface area (Å²) in [5.41, 5.74) is 5.49. The van der Waals surface area contributed by atoms with Crippen molar-refractivity contribution in [3.05, 3.63) is 17.3 Å². The summed E-state index contributed by atoms with van der Waals surface area (Å²) < 4.78 is 27.2. The van der Waals surface area contributed by atoms with Crippen molar-refractivity contribution >= 4 is 39.2 Å². The monoisotopic (exact) mass is 335 g/mol. The fourth-order valence-electron chi connectivity index (χ4n) is 2.30. The third kappa shape index (κ3) is 3.78. The molecule has 2 unspecified atom stereocenters. The van der Waals surface area contributed by atoms with Gasteiger partial charge < -0.3 is 5.73 Å². The molecule has 5 nitrogen and oxygen atoms in total. The van der Waals surface area contributed by atoms with Crippen LogP contribution in [0.1, 0.15) is 26.2 Å². The van der Waals surface area contributed by atoms with Gasteiger partial charge in [-0.25, -0.2) is 18.1 Å². The molecule has 0 radical (unpaired) electrons. The summed E-state index contributed by atoms with van der Waals surface area (Å²) in [5, 5.41) is 0.694. The standard InChI is InChI=1S/C12H18ClN3O2S2/c1-2-19-9-4-3-8(5-9)16-20(17,18)10-6-11(13)12(14)15-7-10/h6-9,16H,2-5H2,1H3,(H2,14,15). The molecule has 0 bridgehead atoms. The Bertz CT molecular complexity index is 580. The maximum absolute atomic E-state index is 12.3. The second-order valence-corrected chi connectivity index (χ2v) is 8.45. The third-order valence-electron chi connectivity index (χ3n) is 3.26. The van der Waals surface area contributed by atoms with Gasteiger partial charge in [-0.05, 0) is 31.1 Å². The molecule has 1 aliphatic rings. The van der Waals surface area contributed by atoms with E-state index >= 15 is 0 Å². The van der Waals surface area contributed by atoms with Crippen LogP contribution in [0.15, 0.2) is 17.2 Å². The lowest BCUT2D eigenvalue weighted by atomic mass is 10.3. The molecule has 8 heteroatoms. The number of nitrogens with one attached hydrogen (secondary N) is 1. The molecule has 1 aliphatic carbocycles. The van der Waals surface area contributed by atoms with Gasteiger partial charge in [0.15, 0.2) is 0 Å². The van der Waals surface area contributed by atoms with E-state index in [0.717, 1.165) is 25.0 Å². The molecule has 1 fully saturated rings. The number of anilines is 1. The van der Waals surface area contributed by atoms with Crippen molar-refractivity contribution in [1.82, 2.24) is 9.71 Å². The highest BCUT2D eigenvalue weighted by Gasteiger charge is 2.29. The average molecular weight is 336 g/mol. The minimum absolute atomic E-state index is 0.0135. The molecule has 1 heterocycles. The minimum atomic E-state index is -3.58. The summed E-state index contributed by atoms with van der Waals surface area (Å²) >= 11 is 7.70. The molecule has 2 rings (SSSR count). The van der Waals surface area contributed by atoms with E-state index in [0.29, 0.717) is 5.25 Å². The van der Waals surface area contributed by atoms with Crippen LogP contribution in [0.4, 0.5) is 5.82 Å². The van der Waals surface area contributed by atoms with Gasteiger partial charge in [-0.1, -0.05) is 18.5 Å². The molecule has 0 aliphatic heterocycles. The van der Waals surface area contributed by atoms with E-state index in [1.165, 1.54) is 12.3 Å². The van der Waals surface area contributed by atoms with E-state index in [4.69, 9.17) is 17.3 Å². The van der Waals surface area contributed by atoms with Crippen LogP contribution < -0.4 is 10.5 Å². The summed E-state index contributed by atoms with van der Waals surface area (Å²) in [6, 6.07) is 1.32. The molecular formula is C12H18ClN3O2S2. The molecule has 1 aromatic rings. The fourth-order valence-corrected chi connectivity index (χ4v) is 4.93. The minimum Gasteiger partial charge on any atom is -0.382 e. The largest absolute Gasteiger partial charge is 0.382 e. The van der Waals surface area contributed by atoms with Crippen LogP contribution in [0.2, 0.25) is 5.02 Å². The van der Waals surface area contributed by atoms with Gasteiger partial charge in [0.1, 0.15) is 10.7 Å². The first-order valence-corrected chi connectivity index (χ1v) is 9.38. The van der Waals surface area contributed by atoms with E-state index in [1.807, 2.05) is 11.8 Å². The van der Waals surface area contributed by atoms with Gasteiger partial charge in [0.05, 0.1) is 5.02 Å². The second kappa shape index (κ2) is 6.51. The van der Waals surface area contributed by atoms with Gasteiger partial charge in [-0.3, -0.25) is 0 Å². The highest BCUT2D eigenvalue weighted by atomic mass is 35.5. The van der Waals surface area contributed by atoms with Gasteiger partial charge in [-0.2, -0.15) is 11.8 Å². The predicted molar refractivity (Wildman–Crippen MR) is 83.5 cm³/mol. The van der Waals surface area contributed by atoms with Crippen LogP contribution in [-0.2, 0) is 10.0 Å². The summed E-state index contributed by atoms with van der Waals surface area (Å²) in [6.45, 7) is 2.12. The lowest BCUT2D eigenvalue weighted by Crippen LogP contribution is -2.33. The van der Waals surface area contributed by atoms with Crippen LogP contribution in [0.3, 0.4) is 0 Å². The SMILES string of the molecule is CCSC1CCC(NS(=O)(=O)c2cnc(N)c(Cl)c2)C1. The van der Waals surface area contributed by atoms with Crippen LogP contribution in [0.25, 0.3) is 0 Å². The number of hydrogen-bond acceptors (Lipinski definition) is 5. The van der Waals surface area contributed by atoms with Crippen molar-refractivity contribution in [3.63, 3.8) is 0 Å². The molecule has 0 amide bonds. The zero-order valence-electron chi connectivity index (χ0n) is 11.2. The molecule has 1 saturated carbocycles. The number of sulfonamides is 1. The van der Waals surface area contributed by atoms with Gasteiger partial charge in [0, 0.05) is 17.5 Å². The molecular weight excluding hydrogens is 318 g/mol. The molecule has 2 atom stereocenters. The lowest BCUT2D eigenvalue weighted by Gasteiger charge is -2.13. The number of halogens is 1. The zero-order chi connectivity index (χ0) is 14.8. The van der Waals surface area contributed by atoms with Crippen LogP contribution in [0.5, 0.6) is 0 Å². The number of nitrogens with zero attached hydrogens (tertiary/aromatic N) is 1. The summed E-state index contributed by atoms with van der Waals surface area (Å²) in [4.78, 5) is 3.85. The normalized spacial score (nSPS) is 23.1. The first-order chi connectivity index (χ1) is 9.42. The second-order valence-electron chi connectivity index (χ2n) is 4.75. The third-order valence-corrected chi connectivity index (χ3v) is 6.29. The van der Waals surface area contributed by atoms with E-state index in [2.05, 4.69) is 16.6 Å². The molecule has 112 valence electrons. The van der Waals surface area contributed by atoms with Crippen LogP contribution in [-0.4, -0.2) is 30.4 Å². The summed E-state index contributed by atoms with van der Waals surface area (Å²) in [5.74, 6) is 1.19. The highest BCUT2D eigenvalue weighted by molar-refractivity contribution is 7.99. The van der Waals surface area contributed by atoms with Crippen LogP contribution in [0, 0.1) is 0 Å².